The maximum Gasteiger partial charge on any atom is 0.434 e. The van der Waals surface area contributed by atoms with Gasteiger partial charge < -0.3 is 15.4 Å². The number of nitrogens with zero attached hydrogens (tertiary/aromatic N) is 4. The second-order valence-corrected chi connectivity index (χ2v) is 6.18. The molecule has 0 aliphatic carbocycles. The molecule has 0 bridgehead atoms. The molecule has 0 aliphatic rings. The molecule has 0 unspecified atom stereocenters. The normalized spacial score (nSPS) is 11.1. The van der Waals surface area contributed by atoms with Gasteiger partial charge in [0.05, 0.1) is 23.0 Å². The van der Waals surface area contributed by atoms with E-state index in [1.165, 1.54) is 15.5 Å². The Hall–Kier alpha value is -3.68. The number of hydrogen-bond donors (Lipinski definition) is 2. The van der Waals surface area contributed by atoms with Crippen molar-refractivity contribution < 1.29 is 14.9 Å². The van der Waals surface area contributed by atoms with Gasteiger partial charge in [-0.15, -0.1) is 0 Å². The molecule has 8 nitrogen and oxygen atoms in total. The van der Waals surface area contributed by atoms with Crippen LogP contribution in [0.25, 0.3) is 21.8 Å². The topological polar surface area (TPSA) is 97.1 Å². The summed E-state index contributed by atoms with van der Waals surface area (Å²) in [5.74, 6) is -0.146. The fraction of sp³-hybridized carbons (Fsp3) is 0.158. The average Bonchev–Trinajstić information content (AvgIpc) is 3.16. The van der Waals surface area contributed by atoms with E-state index in [0.717, 1.165) is 16.5 Å². The lowest BCUT2D eigenvalue weighted by Crippen LogP contribution is -2.32. The molecule has 0 fully saturated rings. The molecule has 136 valence electrons. The van der Waals surface area contributed by atoms with Gasteiger partial charge in [-0.1, -0.05) is 29.2 Å². The number of para-hydroxylation sites is 2. The van der Waals surface area contributed by atoms with E-state index in [0.29, 0.717) is 30.5 Å². The second-order valence-electron chi connectivity index (χ2n) is 6.18. The van der Waals surface area contributed by atoms with Crippen LogP contribution in [0.3, 0.4) is 0 Å². The van der Waals surface area contributed by atoms with E-state index in [9.17, 15) is 15.3 Å². The van der Waals surface area contributed by atoms with Gasteiger partial charge in [-0.3, -0.25) is 5.21 Å². The molecule has 8 heteroatoms. The molecule has 0 atom stereocenters. The minimum absolute atomic E-state index is 0.146. The van der Waals surface area contributed by atoms with Gasteiger partial charge >= 0.3 is 5.95 Å². The standard InChI is InChI=1S/C19H17N5O3/c25-23-16-8-3-1-6-14(16)18(15-7-2-4-9-17(15)23)20-10-5-12-22-13-11-21-19(22)24(26)27/h1-4,6-9,11,13,25H,5,10,12H2/p+1. The molecule has 2 aromatic heterocycles. The largest absolute Gasteiger partial charge is 0.434 e. The van der Waals surface area contributed by atoms with E-state index in [2.05, 4.69) is 10.3 Å². The number of fused-ring (bicyclic) bond motifs is 2. The van der Waals surface area contributed by atoms with Crippen molar-refractivity contribution in [2.24, 2.45) is 0 Å². The number of anilines is 1. The Morgan fingerprint density at radius 1 is 1.11 bits per heavy atom. The Bertz CT molecular complexity index is 1080. The third-order valence-electron chi connectivity index (χ3n) is 4.54. The minimum Gasteiger partial charge on any atom is -0.390 e. The summed E-state index contributed by atoms with van der Waals surface area (Å²) in [6.45, 7) is 1.12. The average molecular weight is 364 g/mol. The van der Waals surface area contributed by atoms with E-state index in [1.807, 2.05) is 48.5 Å². The zero-order valence-corrected chi connectivity index (χ0v) is 14.4. The summed E-state index contributed by atoms with van der Waals surface area (Å²) in [6.07, 6.45) is 3.73. The third kappa shape index (κ3) is 3.01. The number of pyridine rings is 1. The van der Waals surface area contributed by atoms with E-state index in [1.54, 1.807) is 6.20 Å². The van der Waals surface area contributed by atoms with Crippen molar-refractivity contribution in [3.63, 3.8) is 0 Å². The summed E-state index contributed by atoms with van der Waals surface area (Å²) in [6, 6.07) is 15.3. The monoisotopic (exact) mass is 364 g/mol. The Labute approximate surface area is 154 Å². The summed E-state index contributed by atoms with van der Waals surface area (Å²) in [4.78, 5) is 14.2. The van der Waals surface area contributed by atoms with Crippen LogP contribution in [0.5, 0.6) is 0 Å². The molecule has 27 heavy (non-hydrogen) atoms. The summed E-state index contributed by atoms with van der Waals surface area (Å²) in [7, 11) is 0. The first-order valence-electron chi connectivity index (χ1n) is 8.61. The lowest BCUT2D eigenvalue weighted by Gasteiger charge is -2.11. The van der Waals surface area contributed by atoms with Gasteiger partial charge in [0.15, 0.2) is 0 Å². The van der Waals surface area contributed by atoms with Gasteiger partial charge in [0.2, 0.25) is 0 Å². The molecule has 2 aromatic carbocycles. The molecule has 0 spiro atoms. The lowest BCUT2D eigenvalue weighted by molar-refractivity contribution is -0.864. The maximum atomic E-state index is 10.9. The fourth-order valence-corrected chi connectivity index (χ4v) is 3.32. The number of hydrogen-bond acceptors (Lipinski definition) is 5. The van der Waals surface area contributed by atoms with Crippen molar-refractivity contribution in [3.8, 4) is 0 Å². The molecular formula is C19H18N5O3+. The first-order chi connectivity index (χ1) is 13.2. The van der Waals surface area contributed by atoms with Crippen molar-refractivity contribution in [1.82, 2.24) is 9.55 Å². The highest BCUT2D eigenvalue weighted by atomic mass is 16.6. The Morgan fingerprint density at radius 2 is 1.74 bits per heavy atom. The highest BCUT2D eigenvalue weighted by molar-refractivity contribution is 6.04. The van der Waals surface area contributed by atoms with Crippen LogP contribution in [0.1, 0.15) is 6.42 Å². The van der Waals surface area contributed by atoms with E-state index in [4.69, 9.17) is 0 Å². The van der Waals surface area contributed by atoms with Gasteiger partial charge in [-0.25, -0.2) is 4.57 Å². The SMILES string of the molecule is O=[N+]([O-])c1nccn1CCCNc1c2ccccc2[n+](O)c2ccccc12. The highest BCUT2D eigenvalue weighted by Gasteiger charge is 2.19. The third-order valence-corrected chi connectivity index (χ3v) is 4.54. The summed E-state index contributed by atoms with van der Waals surface area (Å²) >= 11 is 0. The van der Waals surface area contributed by atoms with E-state index in [-0.39, 0.29) is 5.95 Å². The number of imidazole rings is 1. The predicted molar refractivity (Wildman–Crippen MR) is 101 cm³/mol. The number of nitrogens with one attached hydrogen (secondary N) is 1. The van der Waals surface area contributed by atoms with Crippen molar-refractivity contribution in [1.29, 1.82) is 0 Å². The van der Waals surface area contributed by atoms with Crippen LogP contribution >= 0.6 is 0 Å². The summed E-state index contributed by atoms with van der Waals surface area (Å²) in [5.41, 5.74) is 2.36. The quantitative estimate of drug-likeness (QED) is 0.137. The molecule has 2 N–H and O–H groups in total. The number of rotatable bonds is 6. The van der Waals surface area contributed by atoms with Gasteiger partial charge in [0.25, 0.3) is 11.0 Å². The van der Waals surface area contributed by atoms with Crippen LogP contribution in [-0.2, 0) is 6.54 Å². The second kappa shape index (κ2) is 6.91. The van der Waals surface area contributed by atoms with Gasteiger partial charge in [0, 0.05) is 23.4 Å². The molecule has 2 heterocycles. The maximum absolute atomic E-state index is 10.9. The molecule has 4 aromatic rings. The van der Waals surface area contributed by atoms with E-state index >= 15 is 0 Å². The molecule has 0 aliphatic heterocycles. The first-order valence-corrected chi connectivity index (χ1v) is 8.61. The number of nitro groups is 1. The van der Waals surface area contributed by atoms with Crippen LogP contribution in [0, 0.1) is 10.1 Å². The fourth-order valence-electron chi connectivity index (χ4n) is 3.32. The number of aromatic nitrogens is 3. The van der Waals surface area contributed by atoms with Gasteiger partial charge in [-0.2, -0.15) is 0 Å². The molecule has 0 amide bonds. The van der Waals surface area contributed by atoms with E-state index < -0.39 is 4.92 Å². The zero-order chi connectivity index (χ0) is 18.8. The van der Waals surface area contributed by atoms with Crippen molar-refractivity contribution in [2.75, 3.05) is 11.9 Å². The van der Waals surface area contributed by atoms with Crippen LogP contribution in [0.15, 0.2) is 60.9 Å². The summed E-state index contributed by atoms with van der Waals surface area (Å²) < 4.78 is 2.73. The predicted octanol–water partition coefficient (Wildman–Crippen LogP) is 3.12. The minimum atomic E-state index is -0.481. The molecule has 4 rings (SSSR count). The van der Waals surface area contributed by atoms with Crippen molar-refractivity contribution in [2.45, 2.75) is 13.0 Å². The van der Waals surface area contributed by atoms with Crippen LogP contribution < -0.4 is 10.0 Å². The molecule has 0 radical (unpaired) electrons. The Morgan fingerprint density at radius 3 is 2.37 bits per heavy atom. The van der Waals surface area contributed by atoms with Crippen molar-refractivity contribution in [3.05, 3.63) is 71.0 Å². The van der Waals surface area contributed by atoms with Gasteiger partial charge in [0.1, 0.15) is 12.4 Å². The number of benzene rings is 2. The first kappa shape index (κ1) is 16.8. The van der Waals surface area contributed by atoms with Gasteiger partial charge in [-0.05, 0) is 23.5 Å². The highest BCUT2D eigenvalue weighted by Crippen LogP contribution is 2.29. The lowest BCUT2D eigenvalue weighted by atomic mass is 10.1. The van der Waals surface area contributed by atoms with Crippen LogP contribution in [-0.4, -0.2) is 26.2 Å². The smallest absolute Gasteiger partial charge is 0.390 e. The van der Waals surface area contributed by atoms with Crippen LogP contribution in [0.4, 0.5) is 11.6 Å². The Kier molecular flexibility index (Phi) is 4.29. The molecule has 0 saturated carbocycles. The zero-order valence-electron chi connectivity index (χ0n) is 14.4. The Balaban J connectivity index is 1.60. The molecular weight excluding hydrogens is 346 g/mol. The van der Waals surface area contributed by atoms with Crippen LogP contribution in [0.2, 0.25) is 0 Å². The number of aryl methyl sites for hydroxylation is 1. The van der Waals surface area contributed by atoms with Crippen molar-refractivity contribution >= 4 is 33.4 Å². The summed E-state index contributed by atoms with van der Waals surface area (Å²) in [5, 5.41) is 26.7. The molecule has 0 saturated heterocycles.